The predicted octanol–water partition coefficient (Wildman–Crippen LogP) is 2.57. The van der Waals surface area contributed by atoms with Crippen LogP contribution >= 0.6 is 8.58 Å². The highest BCUT2D eigenvalue weighted by Gasteiger charge is 2.23. The molecule has 2 aliphatic heterocycles. The molecule has 0 saturated carbocycles. The molecule has 1 saturated heterocycles. The third kappa shape index (κ3) is 4.47. The van der Waals surface area contributed by atoms with Crippen molar-refractivity contribution >= 4 is 37.3 Å². The van der Waals surface area contributed by atoms with E-state index in [2.05, 4.69) is 46.0 Å². The first-order chi connectivity index (χ1) is 14.6. The summed E-state index contributed by atoms with van der Waals surface area (Å²) in [6.45, 7) is 7.51. The summed E-state index contributed by atoms with van der Waals surface area (Å²) in [5.74, 6) is 1.17. The molecule has 1 aromatic heterocycles. The van der Waals surface area contributed by atoms with Crippen LogP contribution < -0.4 is 0 Å². The maximum absolute atomic E-state index is 11.3. The molecule has 2 aliphatic rings. The third-order valence-electron chi connectivity index (χ3n) is 5.72. The number of aldehydes is 1. The molecule has 1 aromatic carbocycles. The van der Waals surface area contributed by atoms with Crippen LogP contribution in [0.1, 0.15) is 12.5 Å². The summed E-state index contributed by atoms with van der Waals surface area (Å²) in [7, 11) is 4.43. The number of aryl methyl sites for hydroxylation is 1. The Hall–Kier alpha value is -2.50. The second-order valence-electron chi connectivity index (χ2n) is 7.73. The fourth-order valence-electron chi connectivity index (χ4n) is 3.92. The monoisotopic (exact) mass is 424 g/mol. The van der Waals surface area contributed by atoms with E-state index < -0.39 is 0 Å². The van der Waals surface area contributed by atoms with Gasteiger partial charge < -0.3 is 14.7 Å². The topological polar surface area (TPSA) is 57.0 Å². The second kappa shape index (κ2) is 9.11. The molecular weight excluding hydrogens is 395 g/mol. The minimum Gasteiger partial charge on any atom is -0.366 e. The number of aromatic nitrogens is 2. The zero-order valence-corrected chi connectivity index (χ0v) is 18.8. The quantitative estimate of drug-likeness (QED) is 0.405. The van der Waals surface area contributed by atoms with Crippen LogP contribution in [0.25, 0.3) is 16.2 Å². The molecule has 0 spiro atoms. The zero-order valence-electron chi connectivity index (χ0n) is 17.8. The van der Waals surface area contributed by atoms with Gasteiger partial charge in [-0.1, -0.05) is 21.6 Å². The molecule has 2 atom stereocenters. The fourth-order valence-corrected chi connectivity index (χ4v) is 5.15. The van der Waals surface area contributed by atoms with Crippen molar-refractivity contribution in [2.75, 3.05) is 39.8 Å². The summed E-state index contributed by atoms with van der Waals surface area (Å²) in [5.41, 5.74) is 2.02. The van der Waals surface area contributed by atoms with Crippen molar-refractivity contribution in [3.63, 3.8) is 0 Å². The summed E-state index contributed by atoms with van der Waals surface area (Å²) < 4.78 is 1.81. The molecule has 30 heavy (non-hydrogen) atoms. The Morgan fingerprint density at radius 3 is 2.73 bits per heavy atom. The van der Waals surface area contributed by atoms with E-state index in [0.29, 0.717) is 8.58 Å². The molecule has 2 aromatic rings. The first kappa shape index (κ1) is 20.8. The number of piperazine rings is 1. The van der Waals surface area contributed by atoms with E-state index >= 15 is 0 Å². The highest BCUT2D eigenvalue weighted by atomic mass is 31.1. The van der Waals surface area contributed by atoms with Gasteiger partial charge in [-0.15, -0.1) is 0 Å². The highest BCUT2D eigenvalue weighted by molar-refractivity contribution is 7.52. The Morgan fingerprint density at radius 1 is 1.23 bits per heavy atom. The molecule has 0 aliphatic carbocycles. The second-order valence-corrected chi connectivity index (χ2v) is 9.15. The van der Waals surface area contributed by atoms with Crippen molar-refractivity contribution in [1.29, 1.82) is 0 Å². The molecule has 0 radical (unpaired) electrons. The van der Waals surface area contributed by atoms with E-state index in [9.17, 15) is 4.79 Å². The van der Waals surface area contributed by atoms with Crippen LogP contribution in [0.5, 0.6) is 0 Å². The molecule has 1 fully saturated rings. The SMILES string of the molecule is CCN1CCN(C2=CN(C)C(P/C(=C\C=O)c3ccc4nn(C)cc4c3)C=N2)CC1. The number of allylic oxidation sites excluding steroid dienone is 1. The summed E-state index contributed by atoms with van der Waals surface area (Å²) in [6.07, 6.45) is 8.73. The lowest BCUT2D eigenvalue weighted by atomic mass is 10.1. The number of benzene rings is 1. The van der Waals surface area contributed by atoms with Crippen LogP contribution in [0.15, 0.2) is 47.5 Å². The number of hydrogen-bond acceptors (Lipinski definition) is 6. The van der Waals surface area contributed by atoms with Gasteiger partial charge in [0, 0.05) is 64.3 Å². The number of hydrogen-bond donors (Lipinski definition) is 0. The Bertz CT molecular complexity index is 1000. The van der Waals surface area contributed by atoms with Crippen LogP contribution in [0.4, 0.5) is 0 Å². The average molecular weight is 424 g/mol. The van der Waals surface area contributed by atoms with E-state index in [1.165, 1.54) is 0 Å². The van der Waals surface area contributed by atoms with Crippen molar-refractivity contribution in [3.8, 4) is 0 Å². The van der Waals surface area contributed by atoms with E-state index in [1.54, 1.807) is 6.08 Å². The number of likely N-dealkylation sites (N-methyl/N-ethyl adjacent to an activating group) is 1. The zero-order chi connectivity index (χ0) is 21.1. The summed E-state index contributed by atoms with van der Waals surface area (Å²) in [5, 5.41) is 6.55. The van der Waals surface area contributed by atoms with Crippen LogP contribution in [0, 0.1) is 0 Å². The highest BCUT2D eigenvalue weighted by Crippen LogP contribution is 2.39. The summed E-state index contributed by atoms with van der Waals surface area (Å²) in [6, 6.07) is 6.17. The van der Waals surface area contributed by atoms with Gasteiger partial charge in [-0.25, -0.2) is 4.99 Å². The molecule has 3 heterocycles. The maximum Gasteiger partial charge on any atom is 0.144 e. The third-order valence-corrected chi connectivity index (χ3v) is 7.34. The summed E-state index contributed by atoms with van der Waals surface area (Å²) >= 11 is 0. The average Bonchev–Trinajstić information content (AvgIpc) is 3.14. The van der Waals surface area contributed by atoms with Gasteiger partial charge in [0.1, 0.15) is 12.1 Å². The van der Waals surface area contributed by atoms with Gasteiger partial charge in [0.05, 0.1) is 11.3 Å². The normalized spacial score (nSPS) is 21.1. The molecule has 2 unspecified atom stereocenters. The van der Waals surface area contributed by atoms with Gasteiger partial charge in [-0.05, 0) is 35.6 Å². The molecule has 0 N–H and O–H groups in total. The van der Waals surface area contributed by atoms with Gasteiger partial charge in [-0.2, -0.15) is 5.10 Å². The minimum atomic E-state index is 0.140. The fraction of sp³-hybridized carbons (Fsp3) is 0.409. The lowest BCUT2D eigenvalue weighted by molar-refractivity contribution is -0.104. The lowest BCUT2D eigenvalue weighted by Gasteiger charge is -2.38. The van der Waals surface area contributed by atoms with Gasteiger partial charge in [0.25, 0.3) is 0 Å². The standard InChI is InChI=1S/C22H29N6OP/c1-4-27-8-10-28(11-9-27)21-16-25(2)22(14-23-21)30-20(7-12-29)17-5-6-19-18(13-17)15-26(3)24-19/h5-7,12-16,22,30H,4,8-11H2,1-3H3/b20-7-. The first-order valence-electron chi connectivity index (χ1n) is 10.4. The van der Waals surface area contributed by atoms with E-state index in [-0.39, 0.29) is 5.78 Å². The van der Waals surface area contributed by atoms with Crippen LogP contribution in [-0.4, -0.2) is 82.5 Å². The molecule has 158 valence electrons. The number of aliphatic imine (C=N–C) groups is 1. The van der Waals surface area contributed by atoms with E-state index in [0.717, 1.165) is 66.6 Å². The molecule has 0 bridgehead atoms. The molecule has 0 amide bonds. The Kier molecular flexibility index (Phi) is 6.30. The minimum absolute atomic E-state index is 0.140. The van der Waals surface area contributed by atoms with Crippen molar-refractivity contribution in [2.24, 2.45) is 12.0 Å². The van der Waals surface area contributed by atoms with Crippen molar-refractivity contribution < 1.29 is 4.79 Å². The van der Waals surface area contributed by atoms with Crippen LogP contribution in [0.2, 0.25) is 0 Å². The Labute approximate surface area is 179 Å². The van der Waals surface area contributed by atoms with E-state index in [1.807, 2.05) is 36.3 Å². The molecule has 7 nitrogen and oxygen atoms in total. The molecule has 8 heteroatoms. The van der Waals surface area contributed by atoms with Gasteiger partial charge in [-0.3, -0.25) is 9.48 Å². The van der Waals surface area contributed by atoms with Gasteiger partial charge in [0.15, 0.2) is 0 Å². The van der Waals surface area contributed by atoms with E-state index in [4.69, 9.17) is 4.99 Å². The maximum atomic E-state index is 11.3. The van der Waals surface area contributed by atoms with Crippen molar-refractivity contribution in [2.45, 2.75) is 12.7 Å². The predicted molar refractivity (Wildman–Crippen MR) is 125 cm³/mol. The smallest absolute Gasteiger partial charge is 0.144 e. The Balaban J connectivity index is 1.47. The van der Waals surface area contributed by atoms with Gasteiger partial charge >= 0.3 is 0 Å². The van der Waals surface area contributed by atoms with Crippen LogP contribution in [-0.2, 0) is 11.8 Å². The largest absolute Gasteiger partial charge is 0.366 e. The number of carbonyl (C=O) groups excluding carboxylic acids is 1. The molecular formula is C22H29N6OP. The molecule has 4 rings (SSSR count). The number of carbonyl (C=O) groups is 1. The number of fused-ring (bicyclic) bond motifs is 1. The summed E-state index contributed by atoms with van der Waals surface area (Å²) in [4.78, 5) is 23.1. The lowest BCUT2D eigenvalue weighted by Crippen LogP contribution is -2.46. The number of nitrogens with zero attached hydrogens (tertiary/aromatic N) is 6. The van der Waals surface area contributed by atoms with Crippen LogP contribution in [0.3, 0.4) is 0 Å². The first-order valence-corrected chi connectivity index (χ1v) is 11.5. The van der Waals surface area contributed by atoms with Crippen molar-refractivity contribution in [3.05, 3.63) is 48.1 Å². The number of rotatable bonds is 6. The van der Waals surface area contributed by atoms with Gasteiger partial charge in [0.2, 0.25) is 0 Å². The Morgan fingerprint density at radius 2 is 2.03 bits per heavy atom. The van der Waals surface area contributed by atoms with Crippen molar-refractivity contribution in [1.82, 2.24) is 24.5 Å².